The van der Waals surface area contributed by atoms with Crippen LogP contribution in [0, 0.1) is 5.92 Å². The first-order valence-corrected chi connectivity index (χ1v) is 10.5. The van der Waals surface area contributed by atoms with Gasteiger partial charge in [0.05, 0.1) is 19.4 Å². The standard InChI is InChI=1S/C21H28N4O4/c1-3-13(4-2)12-24-19-16(14-7-9-29-10-8-14)11-22-25(19)21(28)17(20(24)27)18(26)23-15-5-6-15/h7,11,13,15,28H,3-6,8-10,12H2,1-2H3,(H,23,26). The van der Waals surface area contributed by atoms with Crippen LogP contribution < -0.4 is 10.9 Å². The number of amides is 1. The lowest BCUT2D eigenvalue weighted by atomic mass is 10.0. The summed E-state index contributed by atoms with van der Waals surface area (Å²) in [5, 5.41) is 18.0. The smallest absolute Gasteiger partial charge is 0.270 e. The number of nitrogens with zero attached hydrogens (tertiary/aromatic N) is 3. The number of aromatic nitrogens is 3. The molecule has 156 valence electrons. The molecule has 8 nitrogen and oxygen atoms in total. The Hall–Kier alpha value is -2.61. The van der Waals surface area contributed by atoms with Gasteiger partial charge in [-0.3, -0.25) is 14.2 Å². The van der Waals surface area contributed by atoms with Crippen LogP contribution in [0.1, 0.15) is 61.9 Å². The van der Waals surface area contributed by atoms with Crippen molar-refractivity contribution in [3.8, 4) is 5.88 Å². The fourth-order valence-electron chi connectivity index (χ4n) is 3.85. The molecule has 1 saturated carbocycles. The molecule has 2 aromatic rings. The lowest BCUT2D eigenvalue weighted by molar-refractivity contribution is 0.0944. The van der Waals surface area contributed by atoms with E-state index in [0.29, 0.717) is 31.8 Å². The number of aromatic hydroxyl groups is 1. The first-order valence-electron chi connectivity index (χ1n) is 10.5. The summed E-state index contributed by atoms with van der Waals surface area (Å²) in [7, 11) is 0. The van der Waals surface area contributed by atoms with Gasteiger partial charge in [-0.2, -0.15) is 9.61 Å². The van der Waals surface area contributed by atoms with E-state index in [1.807, 2.05) is 6.08 Å². The molecule has 2 aromatic heterocycles. The van der Waals surface area contributed by atoms with Gasteiger partial charge in [0.15, 0.2) is 5.56 Å². The zero-order valence-electron chi connectivity index (χ0n) is 17.0. The molecule has 4 rings (SSSR count). The number of fused-ring (bicyclic) bond motifs is 1. The molecule has 0 bridgehead atoms. The quantitative estimate of drug-likeness (QED) is 0.743. The first kappa shape index (κ1) is 19.7. The van der Waals surface area contributed by atoms with Crippen LogP contribution in [-0.4, -0.2) is 44.5 Å². The first-order chi connectivity index (χ1) is 14.0. The van der Waals surface area contributed by atoms with Crippen LogP contribution in [-0.2, 0) is 11.3 Å². The van der Waals surface area contributed by atoms with Crippen LogP contribution in [0.15, 0.2) is 17.1 Å². The Kier molecular flexibility index (Phi) is 5.45. The van der Waals surface area contributed by atoms with Gasteiger partial charge in [-0.15, -0.1) is 0 Å². The maximum absolute atomic E-state index is 13.4. The monoisotopic (exact) mass is 400 g/mol. The molecule has 0 unspecified atom stereocenters. The van der Waals surface area contributed by atoms with Crippen molar-refractivity contribution in [3.05, 3.63) is 33.8 Å². The molecule has 0 saturated heterocycles. The van der Waals surface area contributed by atoms with Crippen LogP contribution in [0.3, 0.4) is 0 Å². The van der Waals surface area contributed by atoms with Gasteiger partial charge in [0, 0.05) is 18.2 Å². The van der Waals surface area contributed by atoms with E-state index in [4.69, 9.17) is 4.74 Å². The lowest BCUT2D eigenvalue weighted by Crippen LogP contribution is -2.36. The third kappa shape index (κ3) is 3.69. The average Bonchev–Trinajstić information content (AvgIpc) is 3.43. The second-order valence-electron chi connectivity index (χ2n) is 7.89. The summed E-state index contributed by atoms with van der Waals surface area (Å²) in [4.78, 5) is 26.1. The molecule has 2 aliphatic rings. The molecular formula is C21H28N4O4. The molecule has 0 atom stereocenters. The van der Waals surface area contributed by atoms with Crippen LogP contribution in [0.5, 0.6) is 5.88 Å². The molecule has 1 amide bonds. The minimum Gasteiger partial charge on any atom is -0.492 e. The summed E-state index contributed by atoms with van der Waals surface area (Å²) in [6.45, 7) is 5.78. The predicted octanol–water partition coefficient (Wildman–Crippen LogP) is 2.33. The summed E-state index contributed by atoms with van der Waals surface area (Å²) in [6, 6.07) is 0.0880. The second-order valence-corrected chi connectivity index (χ2v) is 7.89. The van der Waals surface area contributed by atoms with Gasteiger partial charge in [-0.25, -0.2) is 0 Å². The molecule has 3 heterocycles. The Morgan fingerprint density at radius 2 is 2.14 bits per heavy atom. The van der Waals surface area contributed by atoms with Gasteiger partial charge in [-0.1, -0.05) is 32.8 Å². The maximum Gasteiger partial charge on any atom is 0.270 e. The van der Waals surface area contributed by atoms with Crippen molar-refractivity contribution >= 4 is 17.1 Å². The van der Waals surface area contributed by atoms with Crippen molar-refractivity contribution in [2.24, 2.45) is 5.92 Å². The van der Waals surface area contributed by atoms with E-state index in [9.17, 15) is 14.7 Å². The number of carbonyl (C=O) groups is 1. The van der Waals surface area contributed by atoms with E-state index in [2.05, 4.69) is 24.3 Å². The number of nitrogens with one attached hydrogen (secondary N) is 1. The lowest BCUT2D eigenvalue weighted by Gasteiger charge is -2.19. The second kappa shape index (κ2) is 8.02. The summed E-state index contributed by atoms with van der Waals surface area (Å²) >= 11 is 0. The highest BCUT2D eigenvalue weighted by Gasteiger charge is 2.30. The molecule has 0 aromatic carbocycles. The molecule has 0 radical (unpaired) electrons. The molecule has 0 spiro atoms. The normalized spacial score (nSPS) is 17.0. The zero-order chi connectivity index (χ0) is 20.5. The highest BCUT2D eigenvalue weighted by Crippen LogP contribution is 2.29. The number of hydrogen-bond acceptors (Lipinski definition) is 5. The zero-order valence-corrected chi connectivity index (χ0v) is 17.0. The number of ether oxygens (including phenoxy) is 1. The van der Waals surface area contributed by atoms with Crippen molar-refractivity contribution in [3.63, 3.8) is 0 Å². The molecular weight excluding hydrogens is 372 g/mol. The summed E-state index contributed by atoms with van der Waals surface area (Å²) in [5.74, 6) is -0.646. The van der Waals surface area contributed by atoms with Crippen LogP contribution in [0.4, 0.5) is 0 Å². The molecule has 2 N–H and O–H groups in total. The highest BCUT2D eigenvalue weighted by atomic mass is 16.5. The van der Waals surface area contributed by atoms with Crippen molar-refractivity contribution in [1.82, 2.24) is 19.5 Å². The van der Waals surface area contributed by atoms with Gasteiger partial charge in [0.25, 0.3) is 11.5 Å². The predicted molar refractivity (Wildman–Crippen MR) is 109 cm³/mol. The third-order valence-corrected chi connectivity index (χ3v) is 5.93. The van der Waals surface area contributed by atoms with E-state index in [1.54, 1.807) is 10.8 Å². The molecule has 1 aliphatic heterocycles. The molecule has 1 aliphatic carbocycles. The van der Waals surface area contributed by atoms with E-state index < -0.39 is 17.3 Å². The van der Waals surface area contributed by atoms with E-state index in [1.165, 1.54) is 4.52 Å². The number of rotatable bonds is 7. The van der Waals surface area contributed by atoms with Gasteiger partial charge in [0.1, 0.15) is 5.65 Å². The summed E-state index contributed by atoms with van der Waals surface area (Å²) in [5.41, 5.74) is 1.69. The highest BCUT2D eigenvalue weighted by molar-refractivity contribution is 5.97. The fraction of sp³-hybridized carbons (Fsp3) is 0.571. The Morgan fingerprint density at radius 1 is 1.38 bits per heavy atom. The number of carbonyl (C=O) groups excluding carboxylic acids is 1. The Labute approximate surface area is 169 Å². The minimum absolute atomic E-state index is 0.0880. The van der Waals surface area contributed by atoms with Gasteiger partial charge >= 0.3 is 0 Å². The van der Waals surface area contributed by atoms with Crippen molar-refractivity contribution in [2.45, 2.75) is 58.5 Å². The van der Waals surface area contributed by atoms with Crippen LogP contribution in [0.2, 0.25) is 0 Å². The van der Waals surface area contributed by atoms with Gasteiger partial charge in [0.2, 0.25) is 5.88 Å². The number of hydrogen-bond donors (Lipinski definition) is 2. The van der Waals surface area contributed by atoms with E-state index in [0.717, 1.165) is 36.8 Å². The van der Waals surface area contributed by atoms with Gasteiger partial charge < -0.3 is 15.2 Å². The van der Waals surface area contributed by atoms with Gasteiger partial charge in [-0.05, 0) is 30.8 Å². The Morgan fingerprint density at radius 3 is 2.76 bits per heavy atom. The SMILES string of the molecule is CCC(CC)Cn1c(=O)c(C(=O)NC2CC2)c(O)n2ncc(C3=CCOCC3)c12. The topological polar surface area (TPSA) is 97.9 Å². The largest absolute Gasteiger partial charge is 0.492 e. The summed E-state index contributed by atoms with van der Waals surface area (Å²) in [6.07, 6.45) is 8.00. The maximum atomic E-state index is 13.4. The molecule has 29 heavy (non-hydrogen) atoms. The van der Waals surface area contributed by atoms with Crippen molar-refractivity contribution in [2.75, 3.05) is 13.2 Å². The molecule has 1 fully saturated rings. The minimum atomic E-state index is -0.530. The summed E-state index contributed by atoms with van der Waals surface area (Å²) < 4.78 is 8.36. The molecule has 8 heteroatoms. The van der Waals surface area contributed by atoms with Crippen LogP contribution >= 0.6 is 0 Å². The van der Waals surface area contributed by atoms with E-state index in [-0.39, 0.29) is 17.5 Å². The Bertz CT molecular complexity index is 1010. The van der Waals surface area contributed by atoms with Crippen molar-refractivity contribution < 1.29 is 14.6 Å². The average molecular weight is 400 g/mol. The van der Waals surface area contributed by atoms with Crippen LogP contribution in [0.25, 0.3) is 11.2 Å². The Balaban J connectivity index is 1.91. The fourth-order valence-corrected chi connectivity index (χ4v) is 3.85. The van der Waals surface area contributed by atoms with E-state index >= 15 is 0 Å². The third-order valence-electron chi connectivity index (χ3n) is 5.93. The van der Waals surface area contributed by atoms with Crippen molar-refractivity contribution in [1.29, 1.82) is 0 Å².